The van der Waals surface area contributed by atoms with Gasteiger partial charge in [0.05, 0.1) is 0 Å². The average molecular weight is 761 g/mol. The minimum atomic E-state index is -0.134. The normalized spacial score (nSPS) is 15.4. The highest BCUT2D eigenvalue weighted by Gasteiger charge is 2.38. The first-order valence-electron chi connectivity index (χ1n) is 21.0. The first kappa shape index (κ1) is 35.6. The lowest BCUT2D eigenvalue weighted by Gasteiger charge is -2.29. The first-order chi connectivity index (χ1) is 28.4. The second kappa shape index (κ2) is 12.5. The molecule has 11 rings (SSSR count). The number of hydrogen-bond acceptors (Lipinski definition) is 2. The van der Waals surface area contributed by atoms with Crippen molar-refractivity contribution in [2.45, 2.75) is 64.7 Å². The van der Waals surface area contributed by atoms with Gasteiger partial charge in [-0.15, -0.1) is 0 Å². The van der Waals surface area contributed by atoms with Crippen molar-refractivity contribution in [1.82, 2.24) is 4.98 Å². The largest absolute Gasteiger partial charge is 0.295 e. The first-order valence-corrected chi connectivity index (χ1v) is 21.0. The van der Waals surface area contributed by atoms with E-state index >= 15 is 0 Å². The number of nitrogens with zero attached hydrogens (tertiary/aromatic N) is 2. The molecule has 7 aromatic carbocycles. The second-order valence-electron chi connectivity index (χ2n) is 18.5. The van der Waals surface area contributed by atoms with E-state index in [0.717, 1.165) is 17.2 Å². The van der Waals surface area contributed by atoms with Crippen LogP contribution in [0.4, 0.5) is 17.2 Å². The highest BCUT2D eigenvalue weighted by atomic mass is 15.2. The van der Waals surface area contributed by atoms with Crippen LogP contribution in [-0.2, 0) is 16.2 Å². The molecule has 0 spiro atoms. The van der Waals surface area contributed by atoms with Gasteiger partial charge in [0, 0.05) is 33.8 Å². The molecule has 0 amide bonds. The Labute approximate surface area is 348 Å². The van der Waals surface area contributed by atoms with Crippen molar-refractivity contribution in [3.8, 4) is 55.6 Å². The number of aromatic nitrogens is 1. The maximum Gasteiger partial charge on any atom is 0.137 e. The summed E-state index contributed by atoms with van der Waals surface area (Å²) in [6.45, 7) is 16.5. The standard InChI is InChI=1S/C57H48N2/c1-35-46(36-23-26-43-40-16-8-11-19-48(40)55(2,3)51(43)30-36)32-39(33-47(35)37-24-27-44-41-17-9-12-20-49(41)56(4,5)52(44)31-37)59(54-22-14-15-29-58-54)38-25-28-45-42-18-10-13-21-50(42)57(6,7)53(45)34-38/h8-34H,1-7H3. The second-order valence-corrected chi connectivity index (χ2v) is 18.5. The molecule has 0 unspecified atom stereocenters. The maximum atomic E-state index is 5.03. The summed E-state index contributed by atoms with van der Waals surface area (Å²) in [7, 11) is 0. The lowest BCUT2D eigenvalue weighted by atomic mass is 9.80. The van der Waals surface area contributed by atoms with Crippen molar-refractivity contribution >= 4 is 17.2 Å². The molecule has 0 fully saturated rings. The molecule has 0 bridgehead atoms. The van der Waals surface area contributed by atoms with Gasteiger partial charge in [-0.3, -0.25) is 4.90 Å². The van der Waals surface area contributed by atoms with Crippen LogP contribution >= 0.6 is 0 Å². The fraction of sp³-hybridized carbons (Fsp3) is 0.175. The predicted molar refractivity (Wildman–Crippen MR) is 247 cm³/mol. The molecule has 0 atom stereocenters. The molecular weight excluding hydrogens is 713 g/mol. The van der Waals surface area contributed by atoms with E-state index in [1.165, 1.54) is 94.6 Å². The molecule has 1 heterocycles. The van der Waals surface area contributed by atoms with Crippen LogP contribution in [0.25, 0.3) is 55.6 Å². The number of hydrogen-bond donors (Lipinski definition) is 0. The van der Waals surface area contributed by atoms with Crippen molar-refractivity contribution in [3.63, 3.8) is 0 Å². The Hall–Kier alpha value is -6.51. The van der Waals surface area contributed by atoms with Gasteiger partial charge in [-0.25, -0.2) is 4.98 Å². The molecule has 3 aliphatic rings. The Morgan fingerprint density at radius 3 is 1.22 bits per heavy atom. The zero-order valence-corrected chi connectivity index (χ0v) is 35.0. The molecule has 2 nitrogen and oxygen atoms in total. The van der Waals surface area contributed by atoms with E-state index in [9.17, 15) is 0 Å². The van der Waals surface area contributed by atoms with E-state index in [2.05, 4.69) is 205 Å². The van der Waals surface area contributed by atoms with Gasteiger partial charge in [-0.05, 0) is 150 Å². The summed E-state index contributed by atoms with van der Waals surface area (Å²) in [5.41, 5.74) is 24.2. The molecule has 0 saturated heterocycles. The predicted octanol–water partition coefficient (Wildman–Crippen LogP) is 15.1. The van der Waals surface area contributed by atoms with Gasteiger partial charge < -0.3 is 0 Å². The van der Waals surface area contributed by atoms with Gasteiger partial charge in [0.2, 0.25) is 0 Å². The van der Waals surface area contributed by atoms with Gasteiger partial charge in [-0.1, -0.05) is 151 Å². The number of benzene rings is 7. The van der Waals surface area contributed by atoms with Crippen LogP contribution in [0.2, 0.25) is 0 Å². The summed E-state index contributed by atoms with van der Waals surface area (Å²) >= 11 is 0. The number of fused-ring (bicyclic) bond motifs is 9. The zero-order chi connectivity index (χ0) is 40.4. The van der Waals surface area contributed by atoms with Gasteiger partial charge in [0.25, 0.3) is 0 Å². The highest BCUT2D eigenvalue weighted by molar-refractivity contribution is 5.92. The van der Waals surface area contributed by atoms with E-state index in [4.69, 9.17) is 4.98 Å². The van der Waals surface area contributed by atoms with Gasteiger partial charge in [-0.2, -0.15) is 0 Å². The van der Waals surface area contributed by atoms with E-state index in [1.807, 2.05) is 12.3 Å². The Bertz CT molecular complexity index is 2910. The fourth-order valence-corrected chi connectivity index (χ4v) is 10.9. The lowest BCUT2D eigenvalue weighted by molar-refractivity contribution is 0.660. The highest BCUT2D eigenvalue weighted by Crippen LogP contribution is 2.54. The van der Waals surface area contributed by atoms with Gasteiger partial charge in [0.15, 0.2) is 0 Å². The van der Waals surface area contributed by atoms with E-state index < -0.39 is 0 Å². The summed E-state index contributed by atoms with van der Waals surface area (Å²) in [6, 6.07) is 59.1. The third-order valence-electron chi connectivity index (χ3n) is 14.1. The molecule has 0 saturated carbocycles. The molecule has 0 aliphatic heterocycles. The molecular formula is C57H48N2. The zero-order valence-electron chi connectivity index (χ0n) is 35.0. The van der Waals surface area contributed by atoms with Crippen LogP contribution in [0.3, 0.4) is 0 Å². The van der Waals surface area contributed by atoms with Crippen LogP contribution < -0.4 is 4.90 Å². The van der Waals surface area contributed by atoms with Crippen molar-refractivity contribution < 1.29 is 0 Å². The molecule has 286 valence electrons. The molecule has 1 aromatic heterocycles. The molecule has 8 aromatic rings. The Balaban J connectivity index is 1.15. The Morgan fingerprint density at radius 2 is 0.763 bits per heavy atom. The average Bonchev–Trinajstić information content (AvgIpc) is 3.74. The monoisotopic (exact) mass is 760 g/mol. The SMILES string of the molecule is Cc1c(-c2ccc3c(c2)C(C)(C)c2ccccc2-3)cc(N(c2ccc3c(c2)C(C)(C)c2ccccc2-3)c2ccccn2)cc1-c1ccc2c(c1)C(C)(C)c1ccccc1-2. The third-order valence-corrected chi connectivity index (χ3v) is 14.1. The van der Waals surface area contributed by atoms with Crippen LogP contribution in [0.1, 0.15) is 80.5 Å². The van der Waals surface area contributed by atoms with Crippen molar-refractivity contribution in [3.05, 3.63) is 203 Å². The minimum Gasteiger partial charge on any atom is -0.295 e. The lowest BCUT2D eigenvalue weighted by Crippen LogP contribution is -2.17. The Morgan fingerprint density at radius 1 is 0.356 bits per heavy atom. The summed E-state index contributed by atoms with van der Waals surface area (Å²) in [5.74, 6) is 0.887. The van der Waals surface area contributed by atoms with E-state index in [1.54, 1.807) is 0 Å². The van der Waals surface area contributed by atoms with Crippen molar-refractivity contribution in [1.29, 1.82) is 0 Å². The summed E-state index contributed by atoms with van der Waals surface area (Å²) in [5, 5.41) is 0. The quantitative estimate of drug-likeness (QED) is 0.174. The molecule has 2 heteroatoms. The Kier molecular flexibility index (Phi) is 7.55. The molecule has 59 heavy (non-hydrogen) atoms. The number of anilines is 3. The van der Waals surface area contributed by atoms with Crippen molar-refractivity contribution in [2.24, 2.45) is 0 Å². The van der Waals surface area contributed by atoms with Gasteiger partial charge >= 0.3 is 0 Å². The topological polar surface area (TPSA) is 16.1 Å². The fourth-order valence-electron chi connectivity index (χ4n) is 10.9. The van der Waals surface area contributed by atoms with E-state index in [-0.39, 0.29) is 16.2 Å². The van der Waals surface area contributed by atoms with Crippen LogP contribution in [0.15, 0.2) is 164 Å². The number of rotatable bonds is 5. The minimum absolute atomic E-state index is 0.106. The molecule has 0 radical (unpaired) electrons. The summed E-state index contributed by atoms with van der Waals surface area (Å²) in [6.07, 6.45) is 1.91. The van der Waals surface area contributed by atoms with Crippen LogP contribution in [-0.4, -0.2) is 4.98 Å². The van der Waals surface area contributed by atoms with Crippen LogP contribution in [0.5, 0.6) is 0 Å². The van der Waals surface area contributed by atoms with E-state index in [0.29, 0.717) is 0 Å². The molecule has 0 N–H and O–H groups in total. The summed E-state index contributed by atoms with van der Waals surface area (Å²) in [4.78, 5) is 7.40. The number of pyridine rings is 1. The van der Waals surface area contributed by atoms with Crippen LogP contribution in [0, 0.1) is 6.92 Å². The maximum absolute atomic E-state index is 5.03. The smallest absolute Gasteiger partial charge is 0.137 e. The van der Waals surface area contributed by atoms with Crippen molar-refractivity contribution in [2.75, 3.05) is 4.90 Å². The summed E-state index contributed by atoms with van der Waals surface area (Å²) < 4.78 is 0. The van der Waals surface area contributed by atoms with Gasteiger partial charge in [0.1, 0.15) is 5.82 Å². The third kappa shape index (κ3) is 5.08. The molecule has 3 aliphatic carbocycles.